The highest BCUT2D eigenvalue weighted by atomic mass is 19.1. The van der Waals surface area contributed by atoms with Crippen LogP contribution in [0.4, 0.5) is 4.39 Å². The largest absolute Gasteiger partial charge is 0.464 e. The molecule has 1 atom stereocenters. The van der Waals surface area contributed by atoms with Crippen molar-refractivity contribution < 1.29 is 13.9 Å². The van der Waals surface area contributed by atoms with Gasteiger partial charge in [-0.25, -0.2) is 9.18 Å². The molecule has 0 aromatic rings. The maximum absolute atomic E-state index is 12.1. The summed E-state index contributed by atoms with van der Waals surface area (Å²) in [6.07, 6.45) is 1.43. The van der Waals surface area contributed by atoms with E-state index < -0.39 is 12.1 Å². The number of rotatable bonds is 5. The van der Waals surface area contributed by atoms with Crippen LogP contribution in [0.3, 0.4) is 0 Å². The van der Waals surface area contributed by atoms with Crippen molar-refractivity contribution in [3.63, 3.8) is 0 Å². The van der Waals surface area contributed by atoms with Gasteiger partial charge in [-0.05, 0) is 13.3 Å². The third-order valence-corrected chi connectivity index (χ3v) is 1.32. The predicted molar refractivity (Wildman–Crippen MR) is 41.1 cm³/mol. The van der Waals surface area contributed by atoms with Crippen LogP contribution in [0, 0.1) is 0 Å². The Balaban J connectivity index is 3.18. The van der Waals surface area contributed by atoms with E-state index in [4.69, 9.17) is 0 Å². The standard InChI is InChI=1S/C8H15FO2/c1-3-4-5-6-11-8(10)7(2)9/h7H,3-6H2,1-2H3. The number of ether oxygens (including phenoxy) is 1. The quantitative estimate of drug-likeness (QED) is 0.457. The molecule has 11 heavy (non-hydrogen) atoms. The second kappa shape index (κ2) is 6.13. The van der Waals surface area contributed by atoms with Gasteiger partial charge in [0.15, 0.2) is 6.17 Å². The maximum Gasteiger partial charge on any atom is 0.340 e. The summed E-state index contributed by atoms with van der Waals surface area (Å²) in [5.74, 6) is -0.749. The molecule has 2 nitrogen and oxygen atoms in total. The Morgan fingerprint density at radius 1 is 1.55 bits per heavy atom. The minimum absolute atomic E-state index is 0.348. The van der Waals surface area contributed by atoms with E-state index in [0.717, 1.165) is 19.3 Å². The van der Waals surface area contributed by atoms with E-state index in [1.165, 1.54) is 6.92 Å². The van der Waals surface area contributed by atoms with Gasteiger partial charge in [0.1, 0.15) is 0 Å². The summed E-state index contributed by atoms with van der Waals surface area (Å²) in [7, 11) is 0. The Bertz CT molecular complexity index is 113. The van der Waals surface area contributed by atoms with Gasteiger partial charge in [-0.15, -0.1) is 0 Å². The Kier molecular flexibility index (Phi) is 5.80. The zero-order chi connectivity index (χ0) is 8.69. The van der Waals surface area contributed by atoms with Gasteiger partial charge >= 0.3 is 5.97 Å². The summed E-state index contributed by atoms with van der Waals surface area (Å²) < 4.78 is 16.7. The number of carbonyl (C=O) groups is 1. The molecule has 0 saturated carbocycles. The molecule has 3 heteroatoms. The van der Waals surface area contributed by atoms with Gasteiger partial charge in [0.2, 0.25) is 0 Å². The Hall–Kier alpha value is -0.600. The molecule has 0 saturated heterocycles. The molecule has 0 aliphatic carbocycles. The number of esters is 1. The summed E-state index contributed by atoms with van der Waals surface area (Å²) in [4.78, 5) is 10.5. The number of halogens is 1. The van der Waals surface area contributed by atoms with E-state index in [1.54, 1.807) is 0 Å². The monoisotopic (exact) mass is 162 g/mol. The third-order valence-electron chi connectivity index (χ3n) is 1.32. The van der Waals surface area contributed by atoms with Crippen molar-refractivity contribution >= 4 is 5.97 Å². The average molecular weight is 162 g/mol. The lowest BCUT2D eigenvalue weighted by atomic mass is 10.3. The lowest BCUT2D eigenvalue weighted by Gasteiger charge is -2.03. The van der Waals surface area contributed by atoms with Crippen LogP contribution in [0.5, 0.6) is 0 Å². The zero-order valence-electron chi connectivity index (χ0n) is 7.10. The first-order valence-corrected chi connectivity index (χ1v) is 3.99. The second-order valence-electron chi connectivity index (χ2n) is 2.49. The molecule has 0 spiro atoms. The topological polar surface area (TPSA) is 26.3 Å². The molecule has 0 amide bonds. The van der Waals surface area contributed by atoms with Crippen molar-refractivity contribution in [2.24, 2.45) is 0 Å². The number of hydrogen-bond donors (Lipinski definition) is 0. The molecule has 66 valence electrons. The first-order valence-electron chi connectivity index (χ1n) is 3.99. The van der Waals surface area contributed by atoms with Crippen LogP contribution in [0.1, 0.15) is 33.1 Å². The Labute approximate surface area is 66.7 Å². The lowest BCUT2D eigenvalue weighted by molar-refractivity contribution is -0.149. The highest BCUT2D eigenvalue weighted by Crippen LogP contribution is 1.97. The van der Waals surface area contributed by atoms with E-state index in [9.17, 15) is 9.18 Å². The molecule has 0 bridgehead atoms. The molecular formula is C8H15FO2. The van der Waals surface area contributed by atoms with Crippen molar-refractivity contribution in [3.8, 4) is 0 Å². The maximum atomic E-state index is 12.1. The van der Waals surface area contributed by atoms with Crippen LogP contribution in [-0.2, 0) is 9.53 Å². The van der Waals surface area contributed by atoms with E-state index in [2.05, 4.69) is 11.7 Å². The predicted octanol–water partition coefficient (Wildman–Crippen LogP) is 2.08. The van der Waals surface area contributed by atoms with Gasteiger partial charge in [0, 0.05) is 0 Å². The van der Waals surface area contributed by atoms with Gasteiger partial charge < -0.3 is 4.74 Å². The summed E-state index contributed by atoms with van der Waals surface area (Å²) in [5.41, 5.74) is 0. The van der Waals surface area contributed by atoms with Gasteiger partial charge in [-0.2, -0.15) is 0 Å². The van der Waals surface area contributed by atoms with Crippen LogP contribution in [0.25, 0.3) is 0 Å². The smallest absolute Gasteiger partial charge is 0.340 e. The molecule has 0 radical (unpaired) electrons. The van der Waals surface area contributed by atoms with Gasteiger partial charge in [0.05, 0.1) is 6.61 Å². The second-order valence-corrected chi connectivity index (χ2v) is 2.49. The molecule has 0 aliphatic heterocycles. The number of carbonyl (C=O) groups excluding carboxylic acids is 1. The van der Waals surface area contributed by atoms with E-state index in [1.807, 2.05) is 0 Å². The van der Waals surface area contributed by atoms with Gasteiger partial charge in [-0.3, -0.25) is 0 Å². The number of hydrogen-bond acceptors (Lipinski definition) is 2. The lowest BCUT2D eigenvalue weighted by Crippen LogP contribution is -2.15. The summed E-state index contributed by atoms with van der Waals surface area (Å²) >= 11 is 0. The van der Waals surface area contributed by atoms with Crippen LogP contribution in [-0.4, -0.2) is 18.7 Å². The zero-order valence-corrected chi connectivity index (χ0v) is 7.10. The molecular weight excluding hydrogens is 147 g/mol. The van der Waals surface area contributed by atoms with Crippen LogP contribution < -0.4 is 0 Å². The van der Waals surface area contributed by atoms with E-state index in [0.29, 0.717) is 6.61 Å². The average Bonchev–Trinajstić information content (AvgIpc) is 1.97. The third kappa shape index (κ3) is 5.83. The van der Waals surface area contributed by atoms with Gasteiger partial charge in [-0.1, -0.05) is 19.8 Å². The fourth-order valence-electron chi connectivity index (χ4n) is 0.640. The molecule has 0 aromatic heterocycles. The van der Waals surface area contributed by atoms with E-state index in [-0.39, 0.29) is 0 Å². The molecule has 0 fully saturated rings. The first-order chi connectivity index (χ1) is 5.18. The van der Waals surface area contributed by atoms with Crippen molar-refractivity contribution in [2.75, 3.05) is 6.61 Å². The molecule has 0 heterocycles. The van der Waals surface area contributed by atoms with E-state index >= 15 is 0 Å². The van der Waals surface area contributed by atoms with Crippen molar-refractivity contribution in [3.05, 3.63) is 0 Å². The SMILES string of the molecule is CCCCCOC(=O)C(C)F. The first kappa shape index (κ1) is 10.4. The molecule has 1 unspecified atom stereocenters. The Morgan fingerprint density at radius 3 is 2.64 bits per heavy atom. The van der Waals surface area contributed by atoms with Crippen molar-refractivity contribution in [2.45, 2.75) is 39.3 Å². The molecule has 0 aromatic carbocycles. The van der Waals surface area contributed by atoms with Crippen LogP contribution in [0.15, 0.2) is 0 Å². The van der Waals surface area contributed by atoms with Crippen molar-refractivity contribution in [1.29, 1.82) is 0 Å². The minimum atomic E-state index is -1.49. The normalized spacial score (nSPS) is 12.6. The molecule has 0 N–H and O–H groups in total. The van der Waals surface area contributed by atoms with Gasteiger partial charge in [0.25, 0.3) is 0 Å². The molecule has 0 rings (SSSR count). The van der Waals surface area contributed by atoms with Crippen LogP contribution in [0.2, 0.25) is 0 Å². The highest BCUT2D eigenvalue weighted by Gasteiger charge is 2.10. The van der Waals surface area contributed by atoms with Crippen molar-refractivity contribution in [1.82, 2.24) is 0 Å². The Morgan fingerprint density at radius 2 is 2.18 bits per heavy atom. The summed E-state index contributed by atoms with van der Waals surface area (Å²) in [5, 5.41) is 0. The number of unbranched alkanes of at least 4 members (excludes halogenated alkanes) is 2. The number of alkyl halides is 1. The highest BCUT2D eigenvalue weighted by molar-refractivity contribution is 5.73. The molecule has 0 aliphatic rings. The summed E-state index contributed by atoms with van der Waals surface area (Å²) in [6.45, 7) is 3.59. The fraction of sp³-hybridized carbons (Fsp3) is 0.875. The summed E-state index contributed by atoms with van der Waals surface area (Å²) in [6, 6.07) is 0. The van der Waals surface area contributed by atoms with Crippen LogP contribution >= 0.6 is 0 Å². The fourth-order valence-corrected chi connectivity index (χ4v) is 0.640. The minimum Gasteiger partial charge on any atom is -0.464 e.